The minimum atomic E-state index is -4.48. The van der Waals surface area contributed by atoms with E-state index in [-0.39, 0.29) is 34.5 Å². The molecule has 1 heterocycles. The third kappa shape index (κ3) is 4.36. The topological polar surface area (TPSA) is 103 Å². The van der Waals surface area contributed by atoms with Gasteiger partial charge in [0.1, 0.15) is 14.3 Å². The van der Waals surface area contributed by atoms with Gasteiger partial charge in [-0.05, 0) is 29.7 Å². The maximum Gasteiger partial charge on any atom is 1.00 e. The Bertz CT molecular complexity index is 672. The van der Waals surface area contributed by atoms with Crippen molar-refractivity contribution in [2.45, 2.75) is 9.10 Å². The molecule has 19 heavy (non-hydrogen) atoms. The van der Waals surface area contributed by atoms with Gasteiger partial charge in [-0.15, -0.1) is 0 Å². The second-order valence-corrected chi connectivity index (χ2v) is 6.36. The van der Waals surface area contributed by atoms with Crippen molar-refractivity contribution in [1.82, 2.24) is 9.60 Å². The second kappa shape index (κ2) is 6.80. The molecule has 0 aliphatic carbocycles. The third-order valence-corrected chi connectivity index (χ3v) is 4.52. The first-order chi connectivity index (χ1) is 8.38. The Morgan fingerprint density at radius 3 is 2.79 bits per heavy atom. The minimum Gasteiger partial charge on any atom is -0.744 e. The SMILES string of the molecule is CN(O)OSc1snc2cc(S(=O)(=O)[O-])ccc12.[Na+]. The van der Waals surface area contributed by atoms with Crippen molar-refractivity contribution in [3.63, 3.8) is 0 Å². The number of rotatable bonds is 4. The zero-order valence-electron chi connectivity index (χ0n) is 9.93. The number of hydrogen-bond acceptors (Lipinski definition) is 9. The van der Waals surface area contributed by atoms with Gasteiger partial charge in [0, 0.05) is 12.4 Å². The number of fused-ring (bicyclic) bond motifs is 1. The van der Waals surface area contributed by atoms with E-state index in [2.05, 4.69) is 4.37 Å². The standard InChI is InChI=1S/C8H8N2O5S3.Na/c1-10(11)15-17-8-6-3-2-5(18(12,13)14)4-7(6)9-16-8;/h2-4,11H,1H3,(H,12,13,14);/q;+1/p-1. The summed E-state index contributed by atoms with van der Waals surface area (Å²) in [5.74, 6) is 0. The van der Waals surface area contributed by atoms with Crippen LogP contribution in [0.2, 0.25) is 0 Å². The Kier molecular flexibility index (Phi) is 6.20. The summed E-state index contributed by atoms with van der Waals surface area (Å²) in [5, 5.41) is 10.0. The number of aromatic nitrogens is 1. The minimum absolute atomic E-state index is 0. The van der Waals surface area contributed by atoms with Gasteiger partial charge in [-0.1, -0.05) is 5.23 Å². The molecule has 0 aliphatic heterocycles. The van der Waals surface area contributed by atoms with Gasteiger partial charge >= 0.3 is 29.6 Å². The Balaban J connectivity index is 0.00000180. The summed E-state index contributed by atoms with van der Waals surface area (Å²) >= 11 is 1.96. The van der Waals surface area contributed by atoms with E-state index < -0.39 is 10.1 Å². The Morgan fingerprint density at radius 2 is 2.21 bits per heavy atom. The Morgan fingerprint density at radius 1 is 1.53 bits per heavy atom. The van der Waals surface area contributed by atoms with Gasteiger partial charge in [0.15, 0.2) is 0 Å². The van der Waals surface area contributed by atoms with E-state index in [4.69, 9.17) is 9.49 Å². The third-order valence-electron chi connectivity index (χ3n) is 1.93. The van der Waals surface area contributed by atoms with Gasteiger partial charge < -0.3 is 4.55 Å². The second-order valence-electron chi connectivity index (χ2n) is 3.23. The molecule has 1 aromatic carbocycles. The summed E-state index contributed by atoms with van der Waals surface area (Å²) in [4.78, 5) is -0.322. The van der Waals surface area contributed by atoms with Crippen LogP contribution in [0.15, 0.2) is 27.3 Å². The van der Waals surface area contributed by atoms with Crippen molar-refractivity contribution >= 4 is 44.6 Å². The summed E-state index contributed by atoms with van der Waals surface area (Å²) < 4.78 is 42.0. The average molecular weight is 330 g/mol. The number of hydroxylamine groups is 2. The first kappa shape index (κ1) is 17.3. The largest absolute Gasteiger partial charge is 1.00 e. The maximum absolute atomic E-state index is 10.8. The molecule has 1 aromatic heterocycles. The van der Waals surface area contributed by atoms with E-state index in [1.165, 1.54) is 25.2 Å². The van der Waals surface area contributed by atoms with E-state index in [1.54, 1.807) is 0 Å². The van der Waals surface area contributed by atoms with Crippen LogP contribution in [0, 0.1) is 0 Å². The summed E-state index contributed by atoms with van der Waals surface area (Å²) in [6.07, 6.45) is 0. The van der Waals surface area contributed by atoms with Crippen molar-refractivity contribution in [3.05, 3.63) is 18.2 Å². The molecule has 0 saturated carbocycles. The van der Waals surface area contributed by atoms with Crippen LogP contribution in [0.4, 0.5) is 0 Å². The van der Waals surface area contributed by atoms with Crippen LogP contribution in [0.1, 0.15) is 0 Å². The first-order valence-corrected chi connectivity index (χ1v) is 7.43. The van der Waals surface area contributed by atoms with Crippen LogP contribution >= 0.6 is 23.6 Å². The van der Waals surface area contributed by atoms with E-state index in [9.17, 15) is 13.0 Å². The molecule has 0 amide bonds. The smallest absolute Gasteiger partial charge is 0.744 e. The van der Waals surface area contributed by atoms with Crippen molar-refractivity contribution < 1.29 is 52.0 Å². The van der Waals surface area contributed by atoms with Gasteiger partial charge in [0.05, 0.1) is 22.5 Å². The molecule has 0 aliphatic rings. The molecular weight excluding hydrogens is 323 g/mol. The van der Waals surface area contributed by atoms with Crippen molar-refractivity contribution in [3.8, 4) is 0 Å². The Labute approximate surface area is 139 Å². The van der Waals surface area contributed by atoms with Crippen molar-refractivity contribution in [2.24, 2.45) is 0 Å². The van der Waals surface area contributed by atoms with Gasteiger partial charge in [0.2, 0.25) is 0 Å². The molecule has 0 fully saturated rings. The van der Waals surface area contributed by atoms with Gasteiger partial charge in [0.25, 0.3) is 0 Å². The molecule has 0 radical (unpaired) electrons. The fraction of sp³-hybridized carbons (Fsp3) is 0.125. The molecule has 0 atom stereocenters. The van der Waals surface area contributed by atoms with E-state index in [0.717, 1.165) is 23.6 Å². The van der Waals surface area contributed by atoms with Crippen LogP contribution < -0.4 is 29.6 Å². The summed E-state index contributed by atoms with van der Waals surface area (Å²) in [5.41, 5.74) is 0.392. The zero-order chi connectivity index (χ0) is 13.3. The fourth-order valence-corrected chi connectivity index (χ4v) is 3.06. The van der Waals surface area contributed by atoms with Crippen LogP contribution in [0.3, 0.4) is 0 Å². The van der Waals surface area contributed by atoms with Crippen LogP contribution in [0.25, 0.3) is 10.9 Å². The van der Waals surface area contributed by atoms with Crippen LogP contribution in [-0.4, -0.2) is 34.8 Å². The molecule has 98 valence electrons. The molecule has 0 spiro atoms. The molecule has 0 bridgehead atoms. The van der Waals surface area contributed by atoms with Crippen molar-refractivity contribution in [2.75, 3.05) is 7.05 Å². The number of hydrogen-bond donors (Lipinski definition) is 1. The van der Waals surface area contributed by atoms with Crippen LogP contribution in [-0.2, 0) is 14.4 Å². The predicted molar refractivity (Wildman–Crippen MR) is 64.1 cm³/mol. The number of benzene rings is 1. The van der Waals surface area contributed by atoms with Gasteiger partial charge in [-0.25, -0.2) is 8.42 Å². The number of nitrogens with zero attached hydrogens (tertiary/aromatic N) is 2. The summed E-state index contributed by atoms with van der Waals surface area (Å²) in [6, 6.07) is 3.90. The molecule has 1 N–H and O–H groups in total. The fourth-order valence-electron chi connectivity index (χ4n) is 1.20. The molecular formula is C8H7N2NaO5S3. The molecule has 0 unspecified atom stereocenters. The van der Waals surface area contributed by atoms with E-state index in [0.29, 0.717) is 20.3 Å². The predicted octanol–water partition coefficient (Wildman–Crippen LogP) is -1.54. The molecule has 0 saturated heterocycles. The van der Waals surface area contributed by atoms with Gasteiger partial charge in [-0.3, -0.25) is 5.21 Å². The molecule has 11 heteroatoms. The monoisotopic (exact) mass is 330 g/mol. The van der Waals surface area contributed by atoms with E-state index in [1.807, 2.05) is 0 Å². The summed E-state index contributed by atoms with van der Waals surface area (Å²) in [7, 11) is -3.18. The van der Waals surface area contributed by atoms with Gasteiger partial charge in [-0.2, -0.15) is 8.66 Å². The normalized spacial score (nSPS) is 11.8. The van der Waals surface area contributed by atoms with Crippen LogP contribution in [0.5, 0.6) is 0 Å². The quantitative estimate of drug-likeness (QED) is 0.312. The van der Waals surface area contributed by atoms with E-state index >= 15 is 0 Å². The molecule has 2 aromatic rings. The average Bonchev–Trinajstić information content (AvgIpc) is 2.67. The molecule has 7 nitrogen and oxygen atoms in total. The molecule has 2 rings (SSSR count). The maximum atomic E-state index is 10.8. The first-order valence-electron chi connectivity index (χ1n) is 4.50. The Hall–Kier alpha value is 0.250. The zero-order valence-corrected chi connectivity index (χ0v) is 14.4. The summed E-state index contributed by atoms with van der Waals surface area (Å²) in [6.45, 7) is 0. The van der Waals surface area contributed by atoms with Crippen molar-refractivity contribution in [1.29, 1.82) is 0 Å².